The number of carbonyl (C=O) groups excluding carboxylic acids is 2. The molecule has 0 saturated heterocycles. The van der Waals surface area contributed by atoms with Gasteiger partial charge in [-0.25, -0.2) is 0 Å². The molecule has 2 N–H and O–H groups in total. The summed E-state index contributed by atoms with van der Waals surface area (Å²) in [6.07, 6.45) is 0. The molecule has 0 aliphatic rings. The van der Waals surface area contributed by atoms with Crippen molar-refractivity contribution in [3.63, 3.8) is 0 Å². The van der Waals surface area contributed by atoms with Crippen LogP contribution in [0.1, 0.15) is 0 Å². The average molecular weight is 285 g/mol. The highest BCUT2D eigenvalue weighted by Crippen LogP contribution is 2.31. The minimum Gasteiger partial charge on any atom is -0.335 e. The van der Waals surface area contributed by atoms with E-state index in [1.165, 1.54) is 18.2 Å². The van der Waals surface area contributed by atoms with E-state index in [2.05, 4.69) is 5.32 Å². The van der Waals surface area contributed by atoms with Crippen molar-refractivity contribution in [2.45, 2.75) is 10.7 Å². The fourth-order valence-corrected chi connectivity index (χ4v) is 1.74. The number of para-hydroxylation sites is 1. The molecule has 5 nitrogen and oxygen atoms in total. The molecule has 0 unspecified atom stereocenters. The maximum atomic E-state index is 12.3. The first-order chi connectivity index (χ1) is 9.04. The van der Waals surface area contributed by atoms with Gasteiger partial charge in [0.25, 0.3) is 5.76 Å². The second-order valence-corrected chi connectivity index (χ2v) is 4.20. The van der Waals surface area contributed by atoms with Gasteiger partial charge in [0.2, 0.25) is 0 Å². The van der Waals surface area contributed by atoms with Gasteiger partial charge in [0.1, 0.15) is 6.54 Å². The molecule has 0 saturated carbocycles. The molecule has 0 atom stereocenters. The summed E-state index contributed by atoms with van der Waals surface area (Å²) in [5.74, 6) is -4.65. The van der Waals surface area contributed by atoms with Crippen LogP contribution in [0.4, 0.5) is 14.5 Å². The zero-order chi connectivity index (χ0) is 14.3. The van der Waals surface area contributed by atoms with Gasteiger partial charge >= 0.3 is 11.8 Å². The molecule has 0 heterocycles. The molecule has 8 heteroatoms. The van der Waals surface area contributed by atoms with E-state index in [9.17, 15) is 18.4 Å². The number of halogens is 2. The Balaban J connectivity index is 2.74. The number of hydrogen-bond acceptors (Lipinski definition) is 4. The number of amides is 2. The zero-order valence-corrected chi connectivity index (χ0v) is 10.3. The van der Waals surface area contributed by atoms with E-state index in [0.29, 0.717) is 0 Å². The summed E-state index contributed by atoms with van der Waals surface area (Å²) in [4.78, 5) is 22.8. The first-order valence-electron chi connectivity index (χ1n) is 5.04. The number of nitrogens with zero attached hydrogens (tertiary/aromatic N) is 1. The maximum Gasteiger partial charge on any atom is 0.313 e. The highest BCUT2D eigenvalue weighted by atomic mass is 32.2. The molecule has 100 valence electrons. The second-order valence-electron chi connectivity index (χ2n) is 3.17. The molecular formula is C11H9F2N3O2S. The molecule has 19 heavy (non-hydrogen) atoms. The van der Waals surface area contributed by atoms with Gasteiger partial charge in [0.05, 0.1) is 11.8 Å². The Morgan fingerprint density at radius 3 is 2.63 bits per heavy atom. The minimum absolute atomic E-state index is 0.116. The maximum absolute atomic E-state index is 12.3. The topological polar surface area (TPSA) is 82.0 Å². The number of nitrogens with one attached hydrogen (secondary N) is 2. The smallest absolute Gasteiger partial charge is 0.313 e. The highest BCUT2D eigenvalue weighted by Gasteiger charge is 2.16. The van der Waals surface area contributed by atoms with Gasteiger partial charge in [0, 0.05) is 4.90 Å². The lowest BCUT2D eigenvalue weighted by Gasteiger charge is -2.09. The third-order valence-corrected chi connectivity index (χ3v) is 2.67. The van der Waals surface area contributed by atoms with Crippen LogP contribution >= 0.6 is 11.8 Å². The van der Waals surface area contributed by atoms with Crippen LogP contribution in [0.15, 0.2) is 29.2 Å². The van der Waals surface area contributed by atoms with Crippen LogP contribution in [0, 0.1) is 11.3 Å². The van der Waals surface area contributed by atoms with Crippen LogP contribution in [0.5, 0.6) is 0 Å². The largest absolute Gasteiger partial charge is 0.335 e. The number of rotatable bonds is 4. The lowest BCUT2D eigenvalue weighted by molar-refractivity contribution is -0.136. The summed E-state index contributed by atoms with van der Waals surface area (Å²) >= 11 is 0.265. The van der Waals surface area contributed by atoms with Crippen molar-refractivity contribution < 1.29 is 18.4 Å². The van der Waals surface area contributed by atoms with Gasteiger partial charge < -0.3 is 10.6 Å². The molecule has 0 spiro atoms. The fourth-order valence-electron chi connectivity index (χ4n) is 1.15. The number of anilines is 1. The molecule has 0 aliphatic heterocycles. The van der Waals surface area contributed by atoms with Crippen molar-refractivity contribution in [1.29, 1.82) is 5.26 Å². The molecule has 0 fully saturated rings. The van der Waals surface area contributed by atoms with E-state index in [1.807, 2.05) is 5.32 Å². The lowest BCUT2D eigenvalue weighted by atomic mass is 10.3. The average Bonchev–Trinajstić information content (AvgIpc) is 2.37. The third-order valence-electron chi connectivity index (χ3n) is 1.89. The van der Waals surface area contributed by atoms with Crippen LogP contribution < -0.4 is 10.6 Å². The summed E-state index contributed by atoms with van der Waals surface area (Å²) in [6.45, 7) is -0.306. The van der Waals surface area contributed by atoms with Gasteiger partial charge in [-0.05, 0) is 12.1 Å². The second kappa shape index (κ2) is 7.33. The standard InChI is InChI=1S/C11H9F2N3O2S/c12-11(13)19-8-4-2-1-3-7(8)16-10(18)9(17)15-6-5-14/h1-4,11H,6H2,(H,15,17)(H,16,18). The summed E-state index contributed by atoms with van der Waals surface area (Å²) in [5.41, 5.74) is 0.116. The zero-order valence-electron chi connectivity index (χ0n) is 9.52. The van der Waals surface area contributed by atoms with Gasteiger partial charge in [-0.3, -0.25) is 9.59 Å². The Kier molecular flexibility index (Phi) is 5.75. The van der Waals surface area contributed by atoms with E-state index in [-0.39, 0.29) is 28.9 Å². The number of nitriles is 1. The van der Waals surface area contributed by atoms with Crippen LogP contribution in [0.3, 0.4) is 0 Å². The number of carbonyl (C=O) groups is 2. The van der Waals surface area contributed by atoms with E-state index in [4.69, 9.17) is 5.26 Å². The predicted molar refractivity (Wildman–Crippen MR) is 65.6 cm³/mol. The molecule has 1 aromatic rings. The third kappa shape index (κ3) is 4.93. The van der Waals surface area contributed by atoms with Crippen molar-refractivity contribution in [1.82, 2.24) is 5.32 Å². The predicted octanol–water partition coefficient (Wildman–Crippen LogP) is 1.58. The summed E-state index contributed by atoms with van der Waals surface area (Å²) in [6, 6.07) is 7.52. The molecule has 2 amide bonds. The van der Waals surface area contributed by atoms with Crippen molar-refractivity contribution in [3.8, 4) is 6.07 Å². The van der Waals surface area contributed by atoms with Crippen LogP contribution in [-0.4, -0.2) is 24.1 Å². The van der Waals surface area contributed by atoms with Gasteiger partial charge in [-0.1, -0.05) is 23.9 Å². The Labute approximate surface area is 112 Å². The summed E-state index contributed by atoms with van der Waals surface area (Å²) in [5, 5.41) is 12.5. The molecule has 0 radical (unpaired) electrons. The quantitative estimate of drug-likeness (QED) is 0.500. The molecule has 1 rings (SSSR count). The van der Waals surface area contributed by atoms with Crippen LogP contribution in [0.25, 0.3) is 0 Å². The highest BCUT2D eigenvalue weighted by molar-refractivity contribution is 7.99. The molecule has 0 aliphatic carbocycles. The first kappa shape index (κ1) is 14.9. The van der Waals surface area contributed by atoms with Crippen LogP contribution in [-0.2, 0) is 9.59 Å². The fraction of sp³-hybridized carbons (Fsp3) is 0.182. The molecule has 1 aromatic carbocycles. The SMILES string of the molecule is N#CCNC(=O)C(=O)Nc1ccccc1SC(F)F. The van der Waals surface area contributed by atoms with Crippen LogP contribution in [0.2, 0.25) is 0 Å². The Morgan fingerprint density at radius 2 is 2.00 bits per heavy atom. The minimum atomic E-state index is -2.63. The van der Waals surface area contributed by atoms with E-state index in [0.717, 1.165) is 0 Å². The van der Waals surface area contributed by atoms with E-state index >= 15 is 0 Å². The molecule has 0 aromatic heterocycles. The Bertz CT molecular complexity index is 517. The lowest BCUT2D eigenvalue weighted by Crippen LogP contribution is -2.35. The molecule has 0 bridgehead atoms. The van der Waals surface area contributed by atoms with Crippen molar-refractivity contribution >= 4 is 29.3 Å². The van der Waals surface area contributed by atoms with Gasteiger partial charge in [-0.2, -0.15) is 14.0 Å². The number of thioether (sulfide) groups is 1. The number of alkyl halides is 2. The van der Waals surface area contributed by atoms with Gasteiger partial charge in [0.15, 0.2) is 0 Å². The first-order valence-corrected chi connectivity index (χ1v) is 5.92. The van der Waals surface area contributed by atoms with Crippen molar-refractivity contribution in [2.24, 2.45) is 0 Å². The van der Waals surface area contributed by atoms with Crippen molar-refractivity contribution in [3.05, 3.63) is 24.3 Å². The van der Waals surface area contributed by atoms with E-state index in [1.54, 1.807) is 12.1 Å². The summed E-state index contributed by atoms with van der Waals surface area (Å²) < 4.78 is 24.6. The summed E-state index contributed by atoms with van der Waals surface area (Å²) in [7, 11) is 0. The number of hydrogen-bond donors (Lipinski definition) is 2. The monoisotopic (exact) mass is 285 g/mol. The molecular weight excluding hydrogens is 276 g/mol. The normalized spacial score (nSPS) is 9.79. The Morgan fingerprint density at radius 1 is 1.32 bits per heavy atom. The Hall–Kier alpha value is -2.14. The number of benzene rings is 1. The van der Waals surface area contributed by atoms with Gasteiger partial charge in [-0.15, -0.1) is 0 Å². The van der Waals surface area contributed by atoms with E-state index < -0.39 is 17.6 Å². The van der Waals surface area contributed by atoms with Crippen molar-refractivity contribution in [2.75, 3.05) is 11.9 Å².